The first-order valence-electron chi connectivity index (χ1n) is 6.74. The molecule has 1 aromatic carbocycles. The minimum absolute atomic E-state index is 0.443. The summed E-state index contributed by atoms with van der Waals surface area (Å²) in [6.45, 7) is 0. The molecule has 2 aliphatic rings. The van der Waals surface area contributed by atoms with Crippen molar-refractivity contribution >= 4 is 11.0 Å². The molecule has 2 saturated carbocycles. The van der Waals surface area contributed by atoms with Gasteiger partial charge in [-0.15, -0.1) is 0 Å². The number of fused-ring (bicyclic) bond motifs is 2. The Morgan fingerprint density at radius 3 is 2.56 bits per heavy atom. The fourth-order valence-corrected chi connectivity index (χ4v) is 3.81. The van der Waals surface area contributed by atoms with Crippen molar-refractivity contribution in [2.75, 3.05) is 0 Å². The SMILES string of the molecule is OC1(c2cccc3nccnc23)C2CCCCC21. The molecule has 0 radical (unpaired) electrons. The lowest BCUT2D eigenvalue weighted by Crippen LogP contribution is -2.11. The summed E-state index contributed by atoms with van der Waals surface area (Å²) in [5.74, 6) is 0.887. The van der Waals surface area contributed by atoms with E-state index < -0.39 is 5.60 Å². The second kappa shape index (κ2) is 3.51. The fourth-order valence-electron chi connectivity index (χ4n) is 3.81. The van der Waals surface area contributed by atoms with Crippen molar-refractivity contribution in [1.29, 1.82) is 0 Å². The summed E-state index contributed by atoms with van der Waals surface area (Å²) in [7, 11) is 0. The molecule has 0 saturated heterocycles. The van der Waals surface area contributed by atoms with E-state index >= 15 is 0 Å². The first kappa shape index (κ1) is 10.4. The van der Waals surface area contributed by atoms with Crippen molar-refractivity contribution in [3.05, 3.63) is 36.2 Å². The van der Waals surface area contributed by atoms with E-state index in [9.17, 15) is 5.11 Å². The van der Waals surface area contributed by atoms with Crippen molar-refractivity contribution in [1.82, 2.24) is 9.97 Å². The molecule has 2 unspecified atom stereocenters. The normalized spacial score (nSPS) is 34.3. The maximum absolute atomic E-state index is 11.0. The molecule has 2 fully saturated rings. The highest BCUT2D eigenvalue weighted by molar-refractivity contribution is 5.79. The van der Waals surface area contributed by atoms with E-state index in [1.807, 2.05) is 18.2 Å². The van der Waals surface area contributed by atoms with Crippen LogP contribution in [-0.2, 0) is 5.60 Å². The average Bonchev–Trinajstić information content (AvgIpc) is 3.06. The van der Waals surface area contributed by atoms with Crippen LogP contribution >= 0.6 is 0 Å². The van der Waals surface area contributed by atoms with Crippen molar-refractivity contribution in [2.24, 2.45) is 11.8 Å². The van der Waals surface area contributed by atoms with Crippen LogP contribution in [0.1, 0.15) is 31.2 Å². The molecule has 0 aliphatic heterocycles. The third kappa shape index (κ3) is 1.23. The molecule has 2 aliphatic carbocycles. The van der Waals surface area contributed by atoms with Crippen LogP contribution in [0.15, 0.2) is 30.6 Å². The Hall–Kier alpha value is -1.48. The molecule has 4 rings (SSSR count). The Morgan fingerprint density at radius 2 is 1.78 bits per heavy atom. The monoisotopic (exact) mass is 240 g/mol. The van der Waals surface area contributed by atoms with E-state index in [4.69, 9.17) is 0 Å². The van der Waals surface area contributed by atoms with Gasteiger partial charge in [-0.25, -0.2) is 0 Å². The minimum atomic E-state index is -0.633. The number of benzene rings is 1. The topological polar surface area (TPSA) is 46.0 Å². The molecule has 92 valence electrons. The van der Waals surface area contributed by atoms with Gasteiger partial charge in [0.1, 0.15) is 0 Å². The van der Waals surface area contributed by atoms with E-state index in [0.29, 0.717) is 11.8 Å². The van der Waals surface area contributed by atoms with Crippen LogP contribution in [0, 0.1) is 11.8 Å². The number of nitrogens with zero attached hydrogens (tertiary/aromatic N) is 2. The van der Waals surface area contributed by atoms with Crippen LogP contribution in [0.25, 0.3) is 11.0 Å². The van der Waals surface area contributed by atoms with Gasteiger partial charge in [-0.05, 0) is 30.7 Å². The zero-order chi connectivity index (χ0) is 12.2. The molecule has 1 heterocycles. The fraction of sp³-hybridized carbons (Fsp3) is 0.467. The summed E-state index contributed by atoms with van der Waals surface area (Å²) in [5, 5.41) is 11.0. The lowest BCUT2D eigenvalue weighted by atomic mass is 10.0. The van der Waals surface area contributed by atoms with Gasteiger partial charge in [0, 0.05) is 18.0 Å². The predicted octanol–water partition coefficient (Wildman–Crippen LogP) is 2.64. The number of hydrogen-bond acceptors (Lipinski definition) is 3. The highest BCUT2D eigenvalue weighted by Gasteiger charge is 2.65. The maximum atomic E-state index is 11.0. The van der Waals surface area contributed by atoms with Crippen molar-refractivity contribution in [3.8, 4) is 0 Å². The molecule has 1 N–H and O–H groups in total. The van der Waals surface area contributed by atoms with E-state index in [1.54, 1.807) is 12.4 Å². The lowest BCUT2D eigenvalue weighted by Gasteiger charge is -2.13. The summed E-state index contributed by atoms with van der Waals surface area (Å²) in [5.41, 5.74) is 2.11. The molecule has 3 nitrogen and oxygen atoms in total. The number of hydrogen-bond donors (Lipinski definition) is 1. The molecule has 0 bridgehead atoms. The Bertz CT molecular complexity index is 593. The summed E-state index contributed by atoms with van der Waals surface area (Å²) >= 11 is 0. The molecule has 0 spiro atoms. The zero-order valence-electron chi connectivity index (χ0n) is 10.2. The zero-order valence-corrected chi connectivity index (χ0v) is 10.2. The van der Waals surface area contributed by atoms with Crippen LogP contribution < -0.4 is 0 Å². The standard InChI is InChI=1S/C15H16N2O/c18-15(10-4-1-2-5-11(10)15)12-6-3-7-13-14(12)17-9-8-16-13/h3,6-11,18H,1-2,4-5H2. The Morgan fingerprint density at radius 1 is 1.06 bits per heavy atom. The molecule has 18 heavy (non-hydrogen) atoms. The molecular weight excluding hydrogens is 224 g/mol. The second-order valence-corrected chi connectivity index (χ2v) is 5.55. The van der Waals surface area contributed by atoms with Gasteiger partial charge in [-0.1, -0.05) is 25.0 Å². The van der Waals surface area contributed by atoms with Crippen LogP contribution in [0.5, 0.6) is 0 Å². The second-order valence-electron chi connectivity index (χ2n) is 5.55. The quantitative estimate of drug-likeness (QED) is 0.833. The van der Waals surface area contributed by atoms with Crippen LogP contribution in [0.2, 0.25) is 0 Å². The molecular formula is C15H16N2O. The van der Waals surface area contributed by atoms with E-state index in [2.05, 4.69) is 9.97 Å². The van der Waals surface area contributed by atoms with Gasteiger partial charge >= 0.3 is 0 Å². The highest BCUT2D eigenvalue weighted by atomic mass is 16.3. The first-order valence-corrected chi connectivity index (χ1v) is 6.74. The summed E-state index contributed by atoms with van der Waals surface area (Å²) in [6.07, 6.45) is 8.22. The number of aliphatic hydroxyl groups is 1. The molecule has 0 amide bonds. The molecule has 3 heteroatoms. The van der Waals surface area contributed by atoms with E-state index in [1.165, 1.54) is 12.8 Å². The van der Waals surface area contributed by atoms with Crippen molar-refractivity contribution in [2.45, 2.75) is 31.3 Å². The van der Waals surface area contributed by atoms with Crippen molar-refractivity contribution in [3.63, 3.8) is 0 Å². The van der Waals surface area contributed by atoms with Gasteiger partial charge in [0.05, 0.1) is 16.6 Å². The molecule has 1 aromatic heterocycles. The third-order valence-electron chi connectivity index (χ3n) is 4.72. The summed E-state index contributed by atoms with van der Waals surface area (Å²) in [4.78, 5) is 8.75. The van der Waals surface area contributed by atoms with E-state index in [0.717, 1.165) is 29.4 Å². The van der Waals surface area contributed by atoms with Gasteiger partial charge in [0.2, 0.25) is 0 Å². The Balaban J connectivity index is 1.88. The first-order chi connectivity index (χ1) is 8.82. The highest BCUT2D eigenvalue weighted by Crippen LogP contribution is 2.64. The summed E-state index contributed by atoms with van der Waals surface area (Å²) < 4.78 is 0. The molecule has 2 aromatic rings. The van der Waals surface area contributed by atoms with Crippen LogP contribution in [-0.4, -0.2) is 15.1 Å². The lowest BCUT2D eigenvalue weighted by molar-refractivity contribution is 0.119. The van der Waals surface area contributed by atoms with Crippen molar-refractivity contribution < 1.29 is 5.11 Å². The molecule has 2 atom stereocenters. The number of aromatic nitrogens is 2. The average molecular weight is 240 g/mol. The van der Waals surface area contributed by atoms with E-state index in [-0.39, 0.29) is 0 Å². The number of para-hydroxylation sites is 1. The minimum Gasteiger partial charge on any atom is -0.384 e. The van der Waals surface area contributed by atoms with Gasteiger partial charge in [-0.3, -0.25) is 9.97 Å². The Kier molecular flexibility index (Phi) is 2.04. The van der Waals surface area contributed by atoms with Gasteiger partial charge < -0.3 is 5.11 Å². The van der Waals surface area contributed by atoms with Gasteiger partial charge in [0.25, 0.3) is 0 Å². The van der Waals surface area contributed by atoms with Gasteiger partial charge in [-0.2, -0.15) is 0 Å². The number of rotatable bonds is 1. The maximum Gasteiger partial charge on any atom is 0.0981 e. The summed E-state index contributed by atoms with van der Waals surface area (Å²) in [6, 6.07) is 5.96. The van der Waals surface area contributed by atoms with Crippen LogP contribution in [0.4, 0.5) is 0 Å². The Labute approximate surface area is 106 Å². The largest absolute Gasteiger partial charge is 0.384 e. The smallest absolute Gasteiger partial charge is 0.0981 e. The van der Waals surface area contributed by atoms with Crippen LogP contribution in [0.3, 0.4) is 0 Å². The van der Waals surface area contributed by atoms with Gasteiger partial charge in [0.15, 0.2) is 0 Å². The predicted molar refractivity (Wildman–Crippen MR) is 68.9 cm³/mol. The third-order valence-corrected chi connectivity index (χ3v) is 4.72.